The van der Waals surface area contributed by atoms with E-state index in [1.807, 2.05) is 32.0 Å². The first-order valence-corrected chi connectivity index (χ1v) is 6.48. The largest absolute Gasteiger partial charge is 0.473 e. The molecule has 2 aromatic heterocycles. The fourth-order valence-corrected chi connectivity index (χ4v) is 1.77. The quantitative estimate of drug-likeness (QED) is 0.908. The van der Waals surface area contributed by atoms with Crippen LogP contribution in [0, 0.1) is 0 Å². The van der Waals surface area contributed by atoms with Gasteiger partial charge in [-0.2, -0.15) is 0 Å². The Morgan fingerprint density at radius 2 is 2.16 bits per heavy atom. The smallest absolute Gasteiger partial charge is 0.237 e. The Hall–Kier alpha value is -1.81. The molecule has 19 heavy (non-hydrogen) atoms. The molecule has 0 aliphatic rings. The molecular formula is C14H16ClN3O. The third kappa shape index (κ3) is 3.83. The maximum absolute atomic E-state index is 6.07. The zero-order chi connectivity index (χ0) is 13.7. The van der Waals surface area contributed by atoms with Crippen LogP contribution in [0.5, 0.6) is 5.88 Å². The van der Waals surface area contributed by atoms with Crippen molar-refractivity contribution in [2.75, 3.05) is 5.32 Å². The van der Waals surface area contributed by atoms with Crippen molar-refractivity contribution in [3.63, 3.8) is 0 Å². The lowest BCUT2D eigenvalue weighted by atomic mass is 10.2. The van der Waals surface area contributed by atoms with Crippen LogP contribution >= 0.6 is 11.6 Å². The van der Waals surface area contributed by atoms with Crippen molar-refractivity contribution in [1.29, 1.82) is 0 Å². The lowest BCUT2D eigenvalue weighted by Gasteiger charge is -2.14. The van der Waals surface area contributed by atoms with Crippen LogP contribution in [0.1, 0.15) is 19.4 Å². The van der Waals surface area contributed by atoms with E-state index in [4.69, 9.17) is 16.3 Å². The minimum absolute atomic E-state index is 0.0833. The normalized spacial score (nSPS) is 10.5. The number of rotatable bonds is 5. The van der Waals surface area contributed by atoms with Gasteiger partial charge in [-0.25, -0.2) is 4.98 Å². The van der Waals surface area contributed by atoms with E-state index in [1.54, 1.807) is 18.6 Å². The van der Waals surface area contributed by atoms with E-state index >= 15 is 0 Å². The monoisotopic (exact) mass is 277 g/mol. The summed E-state index contributed by atoms with van der Waals surface area (Å²) in [4.78, 5) is 8.18. The number of aromatic nitrogens is 2. The first kappa shape index (κ1) is 13.6. The molecule has 0 amide bonds. The second-order valence-electron chi connectivity index (χ2n) is 4.34. The fourth-order valence-electron chi connectivity index (χ4n) is 1.58. The zero-order valence-corrected chi connectivity index (χ0v) is 11.7. The van der Waals surface area contributed by atoms with Gasteiger partial charge in [0.2, 0.25) is 5.88 Å². The minimum atomic E-state index is 0.0833. The van der Waals surface area contributed by atoms with Gasteiger partial charge in [0.25, 0.3) is 0 Å². The molecule has 4 nitrogen and oxygen atoms in total. The summed E-state index contributed by atoms with van der Waals surface area (Å²) in [7, 11) is 0. The third-order valence-electron chi connectivity index (χ3n) is 2.44. The second kappa shape index (κ2) is 6.38. The molecule has 0 saturated carbocycles. The Labute approximate surface area is 117 Å². The van der Waals surface area contributed by atoms with Crippen molar-refractivity contribution in [3.05, 3.63) is 47.4 Å². The predicted molar refractivity (Wildman–Crippen MR) is 76.6 cm³/mol. The van der Waals surface area contributed by atoms with Gasteiger partial charge in [0, 0.05) is 25.1 Å². The van der Waals surface area contributed by atoms with Crippen molar-refractivity contribution in [3.8, 4) is 5.88 Å². The van der Waals surface area contributed by atoms with Gasteiger partial charge in [0.05, 0.1) is 16.8 Å². The lowest BCUT2D eigenvalue weighted by molar-refractivity contribution is 0.234. The fraction of sp³-hybridized carbons (Fsp3) is 0.286. The van der Waals surface area contributed by atoms with Gasteiger partial charge in [0.15, 0.2) is 0 Å². The molecule has 1 N–H and O–H groups in total. The highest BCUT2D eigenvalue weighted by Gasteiger charge is 2.07. The Morgan fingerprint density at radius 3 is 2.89 bits per heavy atom. The van der Waals surface area contributed by atoms with E-state index in [-0.39, 0.29) is 6.10 Å². The topological polar surface area (TPSA) is 47.0 Å². The lowest BCUT2D eigenvalue weighted by Crippen LogP contribution is -2.10. The van der Waals surface area contributed by atoms with E-state index in [2.05, 4.69) is 15.3 Å². The van der Waals surface area contributed by atoms with E-state index in [1.165, 1.54) is 0 Å². The molecule has 2 aromatic rings. The SMILES string of the molecule is CC(C)Oc1ncccc1NCc1ccncc1Cl. The van der Waals surface area contributed by atoms with Gasteiger partial charge >= 0.3 is 0 Å². The summed E-state index contributed by atoms with van der Waals surface area (Å²) in [6.07, 6.45) is 5.15. The molecule has 0 saturated heterocycles. The Bertz CT molecular complexity index is 546. The van der Waals surface area contributed by atoms with Gasteiger partial charge in [-0.05, 0) is 37.6 Å². The highest BCUT2D eigenvalue weighted by Crippen LogP contribution is 2.23. The number of nitrogens with zero attached hydrogens (tertiary/aromatic N) is 2. The number of hydrogen-bond acceptors (Lipinski definition) is 4. The number of halogens is 1. The van der Waals surface area contributed by atoms with Crippen LogP contribution in [0.25, 0.3) is 0 Å². The summed E-state index contributed by atoms with van der Waals surface area (Å²) >= 11 is 6.07. The molecule has 2 rings (SSSR count). The van der Waals surface area contributed by atoms with Gasteiger partial charge in [-0.15, -0.1) is 0 Å². The minimum Gasteiger partial charge on any atom is -0.473 e. The number of ether oxygens (including phenoxy) is 1. The molecule has 0 unspecified atom stereocenters. The Morgan fingerprint density at radius 1 is 1.32 bits per heavy atom. The molecule has 0 spiro atoms. The number of pyridine rings is 2. The molecule has 0 aliphatic heterocycles. The number of hydrogen-bond donors (Lipinski definition) is 1. The molecule has 0 aromatic carbocycles. The molecule has 0 bridgehead atoms. The average Bonchev–Trinajstić information content (AvgIpc) is 2.39. The van der Waals surface area contributed by atoms with Crippen molar-refractivity contribution < 1.29 is 4.74 Å². The van der Waals surface area contributed by atoms with E-state index in [9.17, 15) is 0 Å². The molecule has 2 heterocycles. The van der Waals surface area contributed by atoms with E-state index < -0.39 is 0 Å². The molecule has 5 heteroatoms. The van der Waals surface area contributed by atoms with Gasteiger partial charge < -0.3 is 10.1 Å². The third-order valence-corrected chi connectivity index (χ3v) is 2.78. The van der Waals surface area contributed by atoms with Crippen LogP contribution in [0.3, 0.4) is 0 Å². The van der Waals surface area contributed by atoms with Gasteiger partial charge in [-0.1, -0.05) is 11.6 Å². The zero-order valence-electron chi connectivity index (χ0n) is 10.9. The van der Waals surface area contributed by atoms with Gasteiger partial charge in [0.1, 0.15) is 0 Å². The van der Waals surface area contributed by atoms with Crippen molar-refractivity contribution in [1.82, 2.24) is 9.97 Å². The highest BCUT2D eigenvalue weighted by atomic mass is 35.5. The van der Waals surface area contributed by atoms with Crippen LogP contribution in [0.2, 0.25) is 5.02 Å². The summed E-state index contributed by atoms with van der Waals surface area (Å²) in [5.41, 5.74) is 1.83. The van der Waals surface area contributed by atoms with Crippen LogP contribution in [-0.2, 0) is 6.54 Å². The first-order valence-electron chi connectivity index (χ1n) is 6.10. The van der Waals surface area contributed by atoms with Crippen LogP contribution in [0.4, 0.5) is 5.69 Å². The molecular weight excluding hydrogens is 262 g/mol. The summed E-state index contributed by atoms with van der Waals surface area (Å²) in [5, 5.41) is 3.92. The molecule has 0 atom stereocenters. The molecule has 0 aliphatic carbocycles. The van der Waals surface area contributed by atoms with E-state index in [0.717, 1.165) is 11.3 Å². The molecule has 100 valence electrons. The second-order valence-corrected chi connectivity index (χ2v) is 4.75. The molecule has 0 fully saturated rings. The van der Waals surface area contributed by atoms with Crippen molar-refractivity contribution in [2.45, 2.75) is 26.5 Å². The van der Waals surface area contributed by atoms with Crippen molar-refractivity contribution in [2.24, 2.45) is 0 Å². The Balaban J connectivity index is 2.09. The standard InChI is InChI=1S/C14H16ClN3O/c1-10(2)19-14-13(4-3-6-17-14)18-8-11-5-7-16-9-12(11)15/h3-7,9-10,18H,8H2,1-2H3. The summed E-state index contributed by atoms with van der Waals surface area (Å²) in [6, 6.07) is 5.68. The number of anilines is 1. The van der Waals surface area contributed by atoms with Gasteiger partial charge in [-0.3, -0.25) is 4.98 Å². The summed E-state index contributed by atoms with van der Waals surface area (Å²) in [6.45, 7) is 4.54. The summed E-state index contributed by atoms with van der Waals surface area (Å²) < 4.78 is 5.65. The van der Waals surface area contributed by atoms with Crippen LogP contribution in [-0.4, -0.2) is 16.1 Å². The first-order chi connectivity index (χ1) is 9.16. The molecule has 0 radical (unpaired) electrons. The van der Waals surface area contributed by atoms with Crippen LogP contribution in [0.15, 0.2) is 36.8 Å². The highest BCUT2D eigenvalue weighted by molar-refractivity contribution is 6.31. The van der Waals surface area contributed by atoms with E-state index in [0.29, 0.717) is 17.4 Å². The average molecular weight is 278 g/mol. The van der Waals surface area contributed by atoms with Crippen LogP contribution < -0.4 is 10.1 Å². The van der Waals surface area contributed by atoms with Crippen molar-refractivity contribution >= 4 is 17.3 Å². The maximum Gasteiger partial charge on any atom is 0.237 e. The predicted octanol–water partition coefficient (Wildman–Crippen LogP) is 3.53. The maximum atomic E-state index is 6.07. The Kier molecular flexibility index (Phi) is 4.58. The number of nitrogens with one attached hydrogen (secondary N) is 1. The summed E-state index contributed by atoms with van der Waals surface area (Å²) in [5.74, 6) is 0.600.